The summed E-state index contributed by atoms with van der Waals surface area (Å²) in [5.41, 5.74) is 0.438. The molecule has 2 heterocycles. The summed E-state index contributed by atoms with van der Waals surface area (Å²) in [6.45, 7) is -0.0122. The van der Waals surface area contributed by atoms with E-state index in [4.69, 9.17) is 4.42 Å². The molecule has 0 saturated carbocycles. The van der Waals surface area contributed by atoms with Gasteiger partial charge in [0.2, 0.25) is 0 Å². The first kappa shape index (κ1) is 19.6. The zero-order valence-electron chi connectivity index (χ0n) is 15.2. The van der Waals surface area contributed by atoms with Gasteiger partial charge in [-0.3, -0.25) is 19.3 Å². The number of nitrogens with one attached hydrogen (secondary N) is 1. The Kier molecular flexibility index (Phi) is 4.96. The van der Waals surface area contributed by atoms with Gasteiger partial charge in [-0.05, 0) is 48.5 Å². The number of benzene rings is 2. The number of rotatable bonds is 5. The first-order chi connectivity index (χ1) is 14.3. The number of hydrogen-bond acceptors (Lipinski definition) is 5. The van der Waals surface area contributed by atoms with Crippen LogP contribution in [0.15, 0.2) is 63.7 Å². The SMILES string of the molecule is O=C(Nc1ccc(Br)cc1C(=O)O)c1ccc2c(c1)C(=O)N(Cc1ccco1)C2=O. The standard InChI is InChI=1S/C21H13BrN2O6/c22-12-4-6-17(16(9-12)21(28)29)23-18(25)11-3-5-14-15(8-11)20(27)24(19(14)26)10-13-2-1-7-30-13/h1-9H,10H2,(H,23,25)(H,28,29). The Morgan fingerprint density at radius 1 is 1.03 bits per heavy atom. The fraction of sp³-hybridized carbons (Fsp3) is 0.0476. The Bertz CT molecular complexity index is 1200. The summed E-state index contributed by atoms with van der Waals surface area (Å²) >= 11 is 3.19. The van der Waals surface area contributed by atoms with Gasteiger partial charge in [-0.25, -0.2) is 4.79 Å². The van der Waals surface area contributed by atoms with Gasteiger partial charge in [-0.15, -0.1) is 0 Å². The van der Waals surface area contributed by atoms with Gasteiger partial charge < -0.3 is 14.8 Å². The van der Waals surface area contributed by atoms with Crippen LogP contribution < -0.4 is 5.32 Å². The highest BCUT2D eigenvalue weighted by molar-refractivity contribution is 9.10. The van der Waals surface area contributed by atoms with E-state index < -0.39 is 23.7 Å². The number of carbonyl (C=O) groups excluding carboxylic acids is 3. The van der Waals surface area contributed by atoms with Crippen LogP contribution in [0.5, 0.6) is 0 Å². The molecule has 4 rings (SSSR count). The molecule has 9 heteroatoms. The lowest BCUT2D eigenvalue weighted by atomic mass is 10.0. The second-order valence-electron chi connectivity index (χ2n) is 6.49. The number of nitrogens with zero attached hydrogens (tertiary/aromatic N) is 1. The van der Waals surface area contributed by atoms with Crippen molar-refractivity contribution in [2.45, 2.75) is 6.54 Å². The highest BCUT2D eigenvalue weighted by atomic mass is 79.9. The minimum atomic E-state index is -1.20. The second kappa shape index (κ2) is 7.60. The van der Waals surface area contributed by atoms with Crippen LogP contribution in [0.25, 0.3) is 0 Å². The molecular weight excluding hydrogens is 456 g/mol. The predicted octanol–water partition coefficient (Wildman–Crippen LogP) is 3.79. The molecule has 150 valence electrons. The smallest absolute Gasteiger partial charge is 0.337 e. The zero-order valence-corrected chi connectivity index (χ0v) is 16.8. The Hall–Kier alpha value is -3.72. The monoisotopic (exact) mass is 468 g/mol. The second-order valence-corrected chi connectivity index (χ2v) is 7.40. The molecule has 8 nitrogen and oxygen atoms in total. The van der Waals surface area contributed by atoms with Gasteiger partial charge in [0.25, 0.3) is 17.7 Å². The molecule has 3 aromatic rings. The predicted molar refractivity (Wildman–Crippen MR) is 108 cm³/mol. The molecule has 1 aliphatic rings. The zero-order chi connectivity index (χ0) is 21.4. The fourth-order valence-corrected chi connectivity index (χ4v) is 3.49. The van der Waals surface area contributed by atoms with E-state index in [0.717, 1.165) is 4.90 Å². The van der Waals surface area contributed by atoms with Crippen molar-refractivity contribution in [3.05, 3.63) is 87.3 Å². The maximum absolute atomic E-state index is 12.7. The van der Waals surface area contributed by atoms with E-state index in [1.165, 1.54) is 36.6 Å². The van der Waals surface area contributed by atoms with Gasteiger partial charge in [-0.2, -0.15) is 0 Å². The molecule has 1 aromatic heterocycles. The molecule has 2 N–H and O–H groups in total. The van der Waals surface area contributed by atoms with E-state index >= 15 is 0 Å². The molecule has 0 atom stereocenters. The summed E-state index contributed by atoms with van der Waals surface area (Å²) < 4.78 is 5.75. The van der Waals surface area contributed by atoms with E-state index in [2.05, 4.69) is 21.2 Å². The molecule has 3 amide bonds. The van der Waals surface area contributed by atoms with E-state index in [1.807, 2.05) is 0 Å². The van der Waals surface area contributed by atoms with Crippen molar-refractivity contribution in [2.24, 2.45) is 0 Å². The highest BCUT2D eigenvalue weighted by Gasteiger charge is 2.36. The van der Waals surface area contributed by atoms with Crippen molar-refractivity contribution in [3.63, 3.8) is 0 Å². The third kappa shape index (κ3) is 3.50. The lowest BCUT2D eigenvalue weighted by Gasteiger charge is -2.11. The van der Waals surface area contributed by atoms with Crippen molar-refractivity contribution >= 4 is 45.3 Å². The van der Waals surface area contributed by atoms with Crippen LogP contribution in [-0.4, -0.2) is 33.7 Å². The van der Waals surface area contributed by atoms with Crippen molar-refractivity contribution in [1.82, 2.24) is 4.90 Å². The summed E-state index contributed by atoms with van der Waals surface area (Å²) in [6, 6.07) is 11.9. The first-order valence-corrected chi connectivity index (χ1v) is 9.51. The fourth-order valence-electron chi connectivity index (χ4n) is 3.13. The number of carbonyl (C=O) groups is 4. The van der Waals surface area contributed by atoms with Gasteiger partial charge in [0, 0.05) is 10.0 Å². The maximum atomic E-state index is 12.7. The number of fused-ring (bicyclic) bond motifs is 1. The van der Waals surface area contributed by atoms with Gasteiger partial charge in [-0.1, -0.05) is 15.9 Å². The number of halogens is 1. The molecule has 0 fully saturated rings. The Balaban J connectivity index is 1.59. The molecule has 1 aliphatic heterocycles. The molecule has 0 spiro atoms. The first-order valence-electron chi connectivity index (χ1n) is 8.72. The lowest BCUT2D eigenvalue weighted by Crippen LogP contribution is -2.28. The van der Waals surface area contributed by atoms with Crippen molar-refractivity contribution < 1.29 is 28.7 Å². The summed E-state index contributed by atoms with van der Waals surface area (Å²) in [4.78, 5) is 50.4. The van der Waals surface area contributed by atoms with Crippen LogP contribution in [0, 0.1) is 0 Å². The summed E-state index contributed by atoms with van der Waals surface area (Å²) in [5, 5.41) is 11.9. The Morgan fingerprint density at radius 2 is 1.80 bits per heavy atom. The maximum Gasteiger partial charge on any atom is 0.337 e. The van der Waals surface area contributed by atoms with Crippen LogP contribution in [0.4, 0.5) is 5.69 Å². The molecular formula is C21H13BrN2O6. The van der Waals surface area contributed by atoms with E-state index in [-0.39, 0.29) is 34.5 Å². The molecule has 0 bridgehead atoms. The average molecular weight is 469 g/mol. The molecule has 0 unspecified atom stereocenters. The van der Waals surface area contributed by atoms with Gasteiger partial charge in [0.05, 0.1) is 35.2 Å². The lowest BCUT2D eigenvalue weighted by molar-refractivity contribution is 0.0629. The van der Waals surface area contributed by atoms with E-state index in [1.54, 1.807) is 18.2 Å². The number of hydrogen-bond donors (Lipinski definition) is 2. The summed E-state index contributed by atoms with van der Waals surface area (Å²) in [5.74, 6) is -2.35. The van der Waals surface area contributed by atoms with Gasteiger partial charge >= 0.3 is 5.97 Å². The van der Waals surface area contributed by atoms with Gasteiger partial charge in [0.15, 0.2) is 0 Å². The highest BCUT2D eigenvalue weighted by Crippen LogP contribution is 2.27. The third-order valence-electron chi connectivity index (χ3n) is 4.59. The van der Waals surface area contributed by atoms with Crippen molar-refractivity contribution in [2.75, 3.05) is 5.32 Å². The van der Waals surface area contributed by atoms with E-state index in [9.17, 15) is 24.3 Å². The normalized spacial score (nSPS) is 12.8. The van der Waals surface area contributed by atoms with Crippen LogP contribution in [0.3, 0.4) is 0 Å². The van der Waals surface area contributed by atoms with Crippen LogP contribution in [0.2, 0.25) is 0 Å². The summed E-state index contributed by atoms with van der Waals surface area (Å²) in [7, 11) is 0. The number of carboxylic acids is 1. The third-order valence-corrected chi connectivity index (χ3v) is 5.08. The topological polar surface area (TPSA) is 117 Å². The summed E-state index contributed by atoms with van der Waals surface area (Å²) in [6.07, 6.45) is 1.45. The molecule has 30 heavy (non-hydrogen) atoms. The van der Waals surface area contributed by atoms with Crippen LogP contribution in [0.1, 0.15) is 47.2 Å². The van der Waals surface area contributed by atoms with Crippen molar-refractivity contribution in [3.8, 4) is 0 Å². The largest absolute Gasteiger partial charge is 0.478 e. The van der Waals surface area contributed by atoms with E-state index in [0.29, 0.717) is 10.2 Å². The number of furan rings is 1. The average Bonchev–Trinajstić information content (AvgIpc) is 3.32. The number of anilines is 1. The van der Waals surface area contributed by atoms with Crippen LogP contribution >= 0.6 is 15.9 Å². The molecule has 0 radical (unpaired) electrons. The minimum Gasteiger partial charge on any atom is -0.478 e. The Labute approximate surface area is 178 Å². The number of amides is 3. The quantitative estimate of drug-likeness (QED) is 0.550. The van der Waals surface area contributed by atoms with Gasteiger partial charge in [0.1, 0.15) is 5.76 Å². The number of aromatic carboxylic acids is 1. The molecule has 0 aliphatic carbocycles. The van der Waals surface area contributed by atoms with Crippen molar-refractivity contribution in [1.29, 1.82) is 0 Å². The Morgan fingerprint density at radius 3 is 2.50 bits per heavy atom. The minimum absolute atomic E-state index is 0.0122. The number of imide groups is 1. The molecule has 0 saturated heterocycles. The molecule has 2 aromatic carbocycles. The number of carboxylic acid groups (broad SMARTS) is 1. The van der Waals surface area contributed by atoms with Crippen LogP contribution in [-0.2, 0) is 6.54 Å².